The Morgan fingerprint density at radius 1 is 0.630 bits per heavy atom. The topological polar surface area (TPSA) is 40.1 Å². The second-order valence-corrected chi connectivity index (χ2v) is 8.24. The van der Waals surface area contributed by atoms with Gasteiger partial charge in [-0.1, -0.05) is 80.1 Å². The molecule has 0 aliphatic heterocycles. The Morgan fingerprint density at radius 2 is 0.926 bits per heavy atom. The molecule has 0 unspecified atom stereocenters. The number of carbonyl (C=O) groups is 1. The molecule has 164 valence electrons. The number of nitrogens with zero attached hydrogens (tertiary/aromatic N) is 1. The molecular formula is C24H51NO2. The van der Waals surface area contributed by atoms with Crippen LogP contribution in [0.5, 0.6) is 0 Å². The van der Waals surface area contributed by atoms with Crippen LogP contribution in [-0.2, 0) is 4.79 Å². The van der Waals surface area contributed by atoms with E-state index in [0.29, 0.717) is 0 Å². The van der Waals surface area contributed by atoms with Crippen molar-refractivity contribution >= 4 is 5.97 Å². The molecule has 3 heteroatoms. The van der Waals surface area contributed by atoms with E-state index in [-0.39, 0.29) is 5.92 Å². The summed E-state index contributed by atoms with van der Waals surface area (Å²) in [5.41, 5.74) is 0. The number of carboxylic acid groups (broad SMARTS) is 1. The second-order valence-electron chi connectivity index (χ2n) is 8.24. The van der Waals surface area contributed by atoms with Crippen LogP contribution in [0.4, 0.5) is 0 Å². The normalized spacial score (nSPS) is 11.4. The van der Waals surface area contributed by atoms with Crippen molar-refractivity contribution in [1.82, 2.24) is 0 Å². The van der Waals surface area contributed by atoms with Crippen LogP contribution >= 0.6 is 0 Å². The second kappa shape index (κ2) is 20.2. The summed E-state index contributed by atoms with van der Waals surface area (Å²) >= 11 is 0. The van der Waals surface area contributed by atoms with Crippen molar-refractivity contribution in [2.45, 2.75) is 119 Å². The SMILES string of the molecule is CCCC(CCC)C(=O)[O-].CCCC[N+](CCCC)(CCCC)CCCC. The zero-order chi connectivity index (χ0) is 21.0. The van der Waals surface area contributed by atoms with Gasteiger partial charge in [0.1, 0.15) is 0 Å². The molecule has 0 aliphatic carbocycles. The highest BCUT2D eigenvalue weighted by Crippen LogP contribution is 2.16. The highest BCUT2D eigenvalue weighted by Gasteiger charge is 2.24. The van der Waals surface area contributed by atoms with Crippen LogP contribution in [0.3, 0.4) is 0 Å². The van der Waals surface area contributed by atoms with Crippen molar-refractivity contribution in [3.8, 4) is 0 Å². The summed E-state index contributed by atoms with van der Waals surface area (Å²) in [7, 11) is 0. The predicted octanol–water partition coefficient (Wildman–Crippen LogP) is 5.96. The van der Waals surface area contributed by atoms with Crippen LogP contribution in [0.1, 0.15) is 119 Å². The van der Waals surface area contributed by atoms with Gasteiger partial charge in [-0.3, -0.25) is 0 Å². The summed E-state index contributed by atoms with van der Waals surface area (Å²) < 4.78 is 1.42. The maximum Gasteiger partial charge on any atom is 0.0786 e. The van der Waals surface area contributed by atoms with Gasteiger partial charge in [0, 0.05) is 5.97 Å². The molecule has 27 heavy (non-hydrogen) atoms. The van der Waals surface area contributed by atoms with Crippen LogP contribution in [0.2, 0.25) is 0 Å². The molecule has 0 aromatic heterocycles. The van der Waals surface area contributed by atoms with Crippen molar-refractivity contribution in [3.63, 3.8) is 0 Å². The van der Waals surface area contributed by atoms with E-state index in [0.717, 1.165) is 25.7 Å². The van der Waals surface area contributed by atoms with Crippen molar-refractivity contribution in [3.05, 3.63) is 0 Å². The highest BCUT2D eigenvalue weighted by atomic mass is 16.4. The van der Waals surface area contributed by atoms with Gasteiger partial charge in [0.25, 0.3) is 0 Å². The fourth-order valence-electron chi connectivity index (χ4n) is 3.72. The average Bonchev–Trinajstić information content (AvgIpc) is 2.67. The quantitative estimate of drug-likeness (QED) is 0.290. The number of quaternary nitrogens is 1. The smallest absolute Gasteiger partial charge is 0.0786 e. The minimum Gasteiger partial charge on any atom is -0.550 e. The van der Waals surface area contributed by atoms with Crippen LogP contribution < -0.4 is 5.11 Å². The third kappa shape index (κ3) is 16.1. The van der Waals surface area contributed by atoms with Crippen LogP contribution in [-0.4, -0.2) is 36.6 Å². The van der Waals surface area contributed by atoms with E-state index in [1.165, 1.54) is 82.0 Å². The molecule has 0 amide bonds. The molecule has 0 saturated carbocycles. The van der Waals surface area contributed by atoms with Gasteiger partial charge < -0.3 is 14.4 Å². The van der Waals surface area contributed by atoms with Gasteiger partial charge >= 0.3 is 0 Å². The Kier molecular flexibility index (Phi) is 21.4. The average molecular weight is 386 g/mol. The van der Waals surface area contributed by atoms with Crippen molar-refractivity contribution in [2.75, 3.05) is 26.2 Å². The first-order valence-electron chi connectivity index (χ1n) is 12.0. The van der Waals surface area contributed by atoms with E-state index < -0.39 is 5.97 Å². The van der Waals surface area contributed by atoms with Crippen molar-refractivity contribution in [1.29, 1.82) is 0 Å². The van der Waals surface area contributed by atoms with Gasteiger partial charge in [0.05, 0.1) is 26.2 Å². The number of hydrogen-bond acceptors (Lipinski definition) is 2. The maximum absolute atomic E-state index is 10.4. The molecule has 0 N–H and O–H groups in total. The molecule has 0 aliphatic rings. The summed E-state index contributed by atoms with van der Waals surface area (Å²) in [6.07, 6.45) is 14.4. The van der Waals surface area contributed by atoms with E-state index in [1.807, 2.05) is 13.8 Å². The van der Waals surface area contributed by atoms with E-state index in [1.54, 1.807) is 0 Å². The Balaban J connectivity index is 0. The Labute approximate surface area is 171 Å². The number of carbonyl (C=O) groups excluding carboxylic acids is 1. The summed E-state index contributed by atoms with van der Waals surface area (Å²) in [6, 6.07) is 0. The van der Waals surface area contributed by atoms with E-state index in [2.05, 4.69) is 27.7 Å². The maximum atomic E-state index is 10.4. The van der Waals surface area contributed by atoms with Crippen LogP contribution in [0.15, 0.2) is 0 Å². The fraction of sp³-hybridized carbons (Fsp3) is 0.958. The standard InChI is InChI=1S/C16H36N.C8H16O2/c1-5-9-13-17(14-10-6-2,15-11-7-3)16-12-8-4;1-3-5-7(6-4-2)8(9)10/h5-16H2,1-4H3;7H,3-6H2,1-2H3,(H,9,10)/q+1;/p-1. The summed E-state index contributed by atoms with van der Waals surface area (Å²) in [6.45, 7) is 19.0. The van der Waals surface area contributed by atoms with Gasteiger partial charge in [-0.05, 0) is 44.4 Å². The molecule has 0 bridgehead atoms. The molecule has 0 saturated heterocycles. The number of rotatable bonds is 17. The molecule has 0 rings (SSSR count). The minimum atomic E-state index is -0.885. The van der Waals surface area contributed by atoms with E-state index in [4.69, 9.17) is 0 Å². The first-order valence-corrected chi connectivity index (χ1v) is 12.0. The number of carboxylic acids is 1. The molecule has 0 heterocycles. The van der Waals surface area contributed by atoms with Crippen LogP contribution in [0.25, 0.3) is 0 Å². The third-order valence-electron chi connectivity index (χ3n) is 5.55. The van der Waals surface area contributed by atoms with E-state index in [9.17, 15) is 9.90 Å². The molecule has 0 fully saturated rings. The lowest BCUT2D eigenvalue weighted by atomic mass is 9.99. The first-order chi connectivity index (χ1) is 13.0. The van der Waals surface area contributed by atoms with Crippen molar-refractivity contribution in [2.24, 2.45) is 5.92 Å². The van der Waals surface area contributed by atoms with Gasteiger partial charge in [-0.25, -0.2) is 0 Å². The Morgan fingerprint density at radius 3 is 1.11 bits per heavy atom. The van der Waals surface area contributed by atoms with Gasteiger partial charge in [0.2, 0.25) is 0 Å². The highest BCUT2D eigenvalue weighted by molar-refractivity contribution is 5.67. The monoisotopic (exact) mass is 385 g/mol. The van der Waals surface area contributed by atoms with Crippen LogP contribution in [0, 0.1) is 5.92 Å². The number of unbranched alkanes of at least 4 members (excludes halogenated alkanes) is 4. The predicted molar refractivity (Wildman–Crippen MR) is 118 cm³/mol. The van der Waals surface area contributed by atoms with Crippen molar-refractivity contribution < 1.29 is 14.4 Å². The van der Waals surface area contributed by atoms with E-state index >= 15 is 0 Å². The zero-order valence-corrected chi connectivity index (χ0v) is 19.7. The largest absolute Gasteiger partial charge is 0.550 e. The Bertz CT molecular complexity index is 274. The molecular weight excluding hydrogens is 334 g/mol. The summed E-state index contributed by atoms with van der Waals surface area (Å²) in [4.78, 5) is 10.4. The lowest BCUT2D eigenvalue weighted by molar-refractivity contribution is -0.929. The molecule has 0 radical (unpaired) electrons. The minimum absolute atomic E-state index is 0.213. The molecule has 3 nitrogen and oxygen atoms in total. The first kappa shape index (κ1) is 28.6. The zero-order valence-electron chi connectivity index (χ0n) is 19.7. The molecule has 0 spiro atoms. The fourth-order valence-corrected chi connectivity index (χ4v) is 3.72. The van der Waals surface area contributed by atoms with Gasteiger partial charge in [0.15, 0.2) is 0 Å². The van der Waals surface area contributed by atoms with Gasteiger partial charge in [-0.2, -0.15) is 0 Å². The molecule has 0 aromatic rings. The summed E-state index contributed by atoms with van der Waals surface area (Å²) in [5, 5.41) is 10.4. The number of aliphatic carboxylic acids is 1. The lowest BCUT2D eigenvalue weighted by Crippen LogP contribution is -2.50. The van der Waals surface area contributed by atoms with Gasteiger partial charge in [-0.15, -0.1) is 0 Å². The molecule has 0 atom stereocenters. The molecule has 0 aromatic carbocycles. The number of hydrogen-bond donors (Lipinski definition) is 0. The summed E-state index contributed by atoms with van der Waals surface area (Å²) in [5.74, 6) is -1.10. The third-order valence-corrected chi connectivity index (χ3v) is 5.55. The Hall–Kier alpha value is -0.570. The lowest BCUT2D eigenvalue weighted by Gasteiger charge is -2.39.